The molecule has 1 N–H and O–H groups in total. The molecule has 7 heteroatoms. The number of hydrogen-bond donors (Lipinski definition) is 1. The highest BCUT2D eigenvalue weighted by molar-refractivity contribution is 7.88. The van der Waals surface area contributed by atoms with Crippen molar-refractivity contribution in [3.63, 3.8) is 0 Å². The number of nitrogens with one attached hydrogen (secondary N) is 1. The van der Waals surface area contributed by atoms with Crippen LogP contribution in [0.25, 0.3) is 0 Å². The van der Waals surface area contributed by atoms with E-state index in [4.69, 9.17) is 4.74 Å². The van der Waals surface area contributed by atoms with Crippen molar-refractivity contribution in [3.05, 3.63) is 0 Å². The molecule has 2 rings (SSSR count). The molecular weight excluding hydrogens is 268 g/mol. The molecule has 19 heavy (non-hydrogen) atoms. The smallest absolute Gasteiger partial charge is 0.238 e. The first-order chi connectivity index (χ1) is 8.82. The van der Waals surface area contributed by atoms with Gasteiger partial charge in [-0.15, -0.1) is 0 Å². The van der Waals surface area contributed by atoms with Gasteiger partial charge in [0.15, 0.2) is 0 Å². The number of nitrogens with zero attached hydrogens (tertiary/aromatic N) is 1. The lowest BCUT2D eigenvalue weighted by molar-refractivity contribution is -0.130. The highest BCUT2D eigenvalue weighted by atomic mass is 32.2. The van der Waals surface area contributed by atoms with Crippen molar-refractivity contribution in [2.75, 3.05) is 32.6 Å². The number of ether oxygens (including phenoxy) is 1. The fraction of sp³-hybridized carbons (Fsp3) is 0.917. The predicted molar refractivity (Wildman–Crippen MR) is 71.1 cm³/mol. The third kappa shape index (κ3) is 3.46. The number of carbonyl (C=O) groups excluding carboxylic acids is 1. The fourth-order valence-electron chi connectivity index (χ4n) is 2.53. The van der Waals surface area contributed by atoms with Gasteiger partial charge in [0, 0.05) is 18.5 Å². The molecule has 1 atom stereocenters. The lowest BCUT2D eigenvalue weighted by Gasteiger charge is -2.39. The van der Waals surface area contributed by atoms with Crippen molar-refractivity contribution in [3.8, 4) is 0 Å². The highest BCUT2D eigenvalue weighted by Gasteiger charge is 2.37. The molecule has 0 aromatic carbocycles. The van der Waals surface area contributed by atoms with Gasteiger partial charge in [-0.25, -0.2) is 8.42 Å². The van der Waals surface area contributed by atoms with E-state index in [1.807, 2.05) is 6.92 Å². The summed E-state index contributed by atoms with van der Waals surface area (Å²) in [6.45, 7) is 4.32. The van der Waals surface area contributed by atoms with E-state index in [0.717, 1.165) is 12.8 Å². The number of carbonyl (C=O) groups is 1. The average molecular weight is 290 g/mol. The summed E-state index contributed by atoms with van der Waals surface area (Å²) in [6.07, 6.45) is 3.48. The van der Waals surface area contributed by atoms with Crippen molar-refractivity contribution in [2.45, 2.75) is 32.2 Å². The number of sulfonamides is 1. The van der Waals surface area contributed by atoms with E-state index in [1.165, 1.54) is 10.6 Å². The zero-order valence-electron chi connectivity index (χ0n) is 11.5. The molecule has 2 aliphatic rings. The predicted octanol–water partition coefficient (Wildman–Crippen LogP) is -0.0468. The Labute approximate surface area is 114 Å². The van der Waals surface area contributed by atoms with Crippen LogP contribution in [0.4, 0.5) is 0 Å². The molecule has 2 heterocycles. The van der Waals surface area contributed by atoms with Gasteiger partial charge < -0.3 is 10.1 Å². The largest absolute Gasteiger partial charge is 0.380 e. The Balaban J connectivity index is 1.95. The van der Waals surface area contributed by atoms with Crippen LogP contribution < -0.4 is 5.32 Å². The maximum atomic E-state index is 12.2. The van der Waals surface area contributed by atoms with Crippen LogP contribution in [-0.4, -0.2) is 57.2 Å². The van der Waals surface area contributed by atoms with E-state index in [1.54, 1.807) is 0 Å². The molecule has 2 fully saturated rings. The molecule has 0 bridgehead atoms. The summed E-state index contributed by atoms with van der Waals surface area (Å²) >= 11 is 0. The summed E-state index contributed by atoms with van der Waals surface area (Å²) in [6, 6.07) is -0.548. The third-order valence-corrected chi connectivity index (χ3v) is 5.06. The Morgan fingerprint density at radius 2 is 2.11 bits per heavy atom. The van der Waals surface area contributed by atoms with Gasteiger partial charge in [0.2, 0.25) is 15.9 Å². The molecule has 0 spiro atoms. The Morgan fingerprint density at radius 1 is 1.42 bits per heavy atom. The quantitative estimate of drug-likeness (QED) is 0.788. The molecule has 2 aliphatic heterocycles. The average Bonchev–Trinajstić information content (AvgIpc) is 2.32. The third-order valence-electron chi connectivity index (χ3n) is 3.77. The van der Waals surface area contributed by atoms with Crippen LogP contribution in [0.1, 0.15) is 26.2 Å². The SMILES string of the molecule is CC1(CNC(=O)C2CCCCN2S(C)(=O)=O)COC1. The zero-order chi connectivity index (χ0) is 14.1. The van der Waals surface area contributed by atoms with E-state index < -0.39 is 16.1 Å². The molecule has 1 amide bonds. The summed E-state index contributed by atoms with van der Waals surface area (Å²) < 4.78 is 29.8. The maximum absolute atomic E-state index is 12.2. The topological polar surface area (TPSA) is 75.7 Å². The van der Waals surface area contributed by atoms with Crippen LogP contribution in [0.5, 0.6) is 0 Å². The molecule has 0 aromatic heterocycles. The van der Waals surface area contributed by atoms with E-state index >= 15 is 0 Å². The minimum absolute atomic E-state index is 0.000244. The first kappa shape index (κ1) is 14.7. The Bertz CT molecular complexity index is 445. The van der Waals surface area contributed by atoms with Gasteiger partial charge in [0.25, 0.3) is 0 Å². The van der Waals surface area contributed by atoms with Crippen molar-refractivity contribution in [2.24, 2.45) is 5.41 Å². The summed E-state index contributed by atoms with van der Waals surface area (Å²) in [5.74, 6) is -0.182. The van der Waals surface area contributed by atoms with Gasteiger partial charge in [-0.2, -0.15) is 4.31 Å². The first-order valence-corrected chi connectivity index (χ1v) is 8.49. The van der Waals surface area contributed by atoms with Crippen molar-refractivity contribution < 1.29 is 17.9 Å². The second kappa shape index (κ2) is 5.38. The summed E-state index contributed by atoms with van der Waals surface area (Å²) in [5.41, 5.74) is 0.000244. The van der Waals surface area contributed by atoms with Crippen LogP contribution in [0.3, 0.4) is 0 Å². The molecule has 1 unspecified atom stereocenters. The lowest BCUT2D eigenvalue weighted by atomic mass is 9.88. The summed E-state index contributed by atoms with van der Waals surface area (Å²) in [5, 5.41) is 2.87. The van der Waals surface area contributed by atoms with Gasteiger partial charge in [0.05, 0.1) is 19.5 Å². The number of hydrogen-bond acceptors (Lipinski definition) is 4. The Hall–Kier alpha value is -0.660. The number of piperidine rings is 1. The molecular formula is C12H22N2O4S. The minimum atomic E-state index is -3.32. The molecule has 6 nitrogen and oxygen atoms in total. The Kier molecular flexibility index (Phi) is 4.17. The zero-order valence-corrected chi connectivity index (χ0v) is 12.3. The standard InChI is InChI=1S/C12H22N2O4S/c1-12(8-18-9-12)7-13-11(15)10-5-3-4-6-14(10)19(2,16)17/h10H,3-9H2,1-2H3,(H,13,15). The van der Waals surface area contributed by atoms with Crippen molar-refractivity contribution in [1.29, 1.82) is 0 Å². The van der Waals surface area contributed by atoms with Gasteiger partial charge in [-0.05, 0) is 12.8 Å². The minimum Gasteiger partial charge on any atom is -0.380 e. The van der Waals surface area contributed by atoms with E-state index in [0.29, 0.717) is 32.7 Å². The van der Waals surface area contributed by atoms with Crippen molar-refractivity contribution >= 4 is 15.9 Å². The first-order valence-electron chi connectivity index (χ1n) is 6.64. The lowest BCUT2D eigenvalue weighted by Crippen LogP contribution is -2.55. The molecule has 0 radical (unpaired) electrons. The van der Waals surface area contributed by atoms with Gasteiger partial charge in [-0.1, -0.05) is 13.3 Å². The van der Waals surface area contributed by atoms with Gasteiger partial charge in [0.1, 0.15) is 6.04 Å². The molecule has 0 aromatic rings. The van der Waals surface area contributed by atoms with Crippen LogP contribution in [0.15, 0.2) is 0 Å². The van der Waals surface area contributed by atoms with Crippen LogP contribution >= 0.6 is 0 Å². The second-order valence-corrected chi connectivity index (χ2v) is 7.84. The van der Waals surface area contributed by atoms with Crippen LogP contribution in [0.2, 0.25) is 0 Å². The molecule has 0 saturated carbocycles. The monoisotopic (exact) mass is 290 g/mol. The van der Waals surface area contributed by atoms with Crippen LogP contribution in [0, 0.1) is 5.41 Å². The number of rotatable bonds is 4. The summed E-state index contributed by atoms with van der Waals surface area (Å²) in [7, 11) is -3.32. The van der Waals surface area contributed by atoms with Gasteiger partial charge in [-0.3, -0.25) is 4.79 Å². The second-order valence-electron chi connectivity index (χ2n) is 5.91. The summed E-state index contributed by atoms with van der Waals surface area (Å²) in [4.78, 5) is 12.2. The highest BCUT2D eigenvalue weighted by Crippen LogP contribution is 2.26. The maximum Gasteiger partial charge on any atom is 0.238 e. The van der Waals surface area contributed by atoms with Crippen LogP contribution in [-0.2, 0) is 19.6 Å². The van der Waals surface area contributed by atoms with Gasteiger partial charge >= 0.3 is 0 Å². The fourth-order valence-corrected chi connectivity index (χ4v) is 3.66. The van der Waals surface area contributed by atoms with E-state index in [-0.39, 0.29) is 11.3 Å². The molecule has 2 saturated heterocycles. The van der Waals surface area contributed by atoms with Crippen molar-refractivity contribution in [1.82, 2.24) is 9.62 Å². The van der Waals surface area contributed by atoms with E-state index in [9.17, 15) is 13.2 Å². The normalized spacial score (nSPS) is 27.6. The Morgan fingerprint density at radius 3 is 2.63 bits per heavy atom. The molecule has 0 aliphatic carbocycles. The van der Waals surface area contributed by atoms with E-state index in [2.05, 4.69) is 5.32 Å². The molecule has 110 valence electrons. The number of amides is 1.